The van der Waals surface area contributed by atoms with E-state index in [1.165, 1.54) is 38.9 Å². The van der Waals surface area contributed by atoms with Gasteiger partial charge in [0.25, 0.3) is 0 Å². The smallest absolute Gasteiger partial charge is 0.00338 e. The molecule has 15 heavy (non-hydrogen) atoms. The molecule has 0 radical (unpaired) electrons. The molecule has 0 spiro atoms. The van der Waals surface area contributed by atoms with Gasteiger partial charge in [0, 0.05) is 18.4 Å². The van der Waals surface area contributed by atoms with Crippen LogP contribution in [0.15, 0.2) is 0 Å². The Balaban J connectivity index is 2.20. The summed E-state index contributed by atoms with van der Waals surface area (Å²) in [7, 11) is 0. The molecule has 3 atom stereocenters. The number of rotatable bonds is 5. The lowest BCUT2D eigenvalue weighted by atomic mass is 9.91. The Kier molecular flexibility index (Phi) is 6.21. The Hall–Kier alpha value is 0.440. The molecule has 1 fully saturated rings. The third-order valence-corrected chi connectivity index (χ3v) is 3.94. The molecule has 1 rings (SSSR count). The second-order valence-corrected chi connectivity index (χ2v) is 6.37. The molecule has 90 valence electrons. The van der Waals surface area contributed by atoms with Crippen LogP contribution in [-0.4, -0.2) is 29.9 Å². The largest absolute Gasteiger partial charge is 0.303 e. The molecule has 1 heterocycles. The van der Waals surface area contributed by atoms with E-state index in [-0.39, 0.29) is 0 Å². The molecule has 0 saturated carbocycles. The van der Waals surface area contributed by atoms with Crippen molar-refractivity contribution >= 4 is 15.9 Å². The number of nitrogens with zero attached hydrogens (tertiary/aromatic N) is 1. The van der Waals surface area contributed by atoms with Crippen molar-refractivity contribution in [3.8, 4) is 0 Å². The summed E-state index contributed by atoms with van der Waals surface area (Å²) >= 11 is 3.52. The van der Waals surface area contributed by atoms with E-state index in [0.717, 1.165) is 23.1 Å². The number of hydrogen-bond acceptors (Lipinski definition) is 1. The number of piperidine rings is 1. The van der Waals surface area contributed by atoms with Gasteiger partial charge in [-0.15, -0.1) is 0 Å². The standard InChI is InChI=1S/C13H26BrN/c1-11(4-6-14)5-7-15-9-12(2)8-13(3)10-15/h11-13H,4-10H2,1-3H3. The molecular formula is C13H26BrN. The maximum Gasteiger partial charge on any atom is 0.00338 e. The third kappa shape index (κ3) is 5.35. The lowest BCUT2D eigenvalue weighted by molar-refractivity contribution is 0.134. The van der Waals surface area contributed by atoms with E-state index in [1.807, 2.05) is 0 Å². The normalized spacial score (nSPS) is 30.4. The van der Waals surface area contributed by atoms with Crippen molar-refractivity contribution in [1.82, 2.24) is 4.90 Å². The van der Waals surface area contributed by atoms with Crippen LogP contribution < -0.4 is 0 Å². The van der Waals surface area contributed by atoms with Crippen molar-refractivity contribution in [1.29, 1.82) is 0 Å². The van der Waals surface area contributed by atoms with Crippen LogP contribution in [0.25, 0.3) is 0 Å². The van der Waals surface area contributed by atoms with Gasteiger partial charge < -0.3 is 4.90 Å². The molecule has 0 amide bonds. The highest BCUT2D eigenvalue weighted by Crippen LogP contribution is 2.21. The number of alkyl halides is 1. The fourth-order valence-corrected chi connectivity index (χ4v) is 3.49. The van der Waals surface area contributed by atoms with Crippen LogP contribution in [-0.2, 0) is 0 Å². The van der Waals surface area contributed by atoms with E-state index in [1.54, 1.807) is 0 Å². The van der Waals surface area contributed by atoms with Crippen molar-refractivity contribution in [2.75, 3.05) is 25.0 Å². The number of hydrogen-bond donors (Lipinski definition) is 0. The van der Waals surface area contributed by atoms with Crippen LogP contribution in [0.1, 0.15) is 40.0 Å². The van der Waals surface area contributed by atoms with Crippen LogP contribution in [0, 0.1) is 17.8 Å². The first kappa shape index (κ1) is 13.5. The van der Waals surface area contributed by atoms with Crippen molar-refractivity contribution < 1.29 is 0 Å². The molecular weight excluding hydrogens is 250 g/mol. The van der Waals surface area contributed by atoms with Gasteiger partial charge in [0.15, 0.2) is 0 Å². The summed E-state index contributed by atoms with van der Waals surface area (Å²) in [6.45, 7) is 11.1. The van der Waals surface area contributed by atoms with Gasteiger partial charge >= 0.3 is 0 Å². The topological polar surface area (TPSA) is 3.24 Å². The minimum Gasteiger partial charge on any atom is -0.303 e. The Morgan fingerprint density at radius 2 is 1.80 bits per heavy atom. The zero-order chi connectivity index (χ0) is 11.3. The molecule has 3 unspecified atom stereocenters. The summed E-state index contributed by atoms with van der Waals surface area (Å²) in [5, 5.41) is 1.15. The van der Waals surface area contributed by atoms with E-state index in [9.17, 15) is 0 Å². The van der Waals surface area contributed by atoms with Gasteiger partial charge in [-0.05, 0) is 43.6 Å². The highest BCUT2D eigenvalue weighted by atomic mass is 79.9. The van der Waals surface area contributed by atoms with Gasteiger partial charge in [-0.1, -0.05) is 36.7 Å². The first-order chi connectivity index (χ1) is 7.11. The Morgan fingerprint density at radius 3 is 2.33 bits per heavy atom. The second kappa shape index (κ2) is 6.90. The Labute approximate surface area is 104 Å². The quantitative estimate of drug-likeness (QED) is 0.691. The Morgan fingerprint density at radius 1 is 1.20 bits per heavy atom. The summed E-state index contributed by atoms with van der Waals surface area (Å²) in [6, 6.07) is 0. The van der Waals surface area contributed by atoms with Crippen LogP contribution in [0.5, 0.6) is 0 Å². The minimum absolute atomic E-state index is 0.872. The molecule has 0 aromatic heterocycles. The average Bonchev–Trinajstić information content (AvgIpc) is 2.14. The minimum atomic E-state index is 0.872. The fourth-order valence-electron chi connectivity index (χ4n) is 2.71. The maximum atomic E-state index is 3.52. The predicted octanol–water partition coefficient (Wildman–Crippen LogP) is 3.78. The van der Waals surface area contributed by atoms with Crippen molar-refractivity contribution in [3.05, 3.63) is 0 Å². The van der Waals surface area contributed by atoms with Gasteiger partial charge in [-0.25, -0.2) is 0 Å². The molecule has 1 aliphatic rings. The van der Waals surface area contributed by atoms with E-state index in [4.69, 9.17) is 0 Å². The number of halogens is 1. The second-order valence-electron chi connectivity index (χ2n) is 5.58. The molecule has 1 aliphatic heterocycles. The van der Waals surface area contributed by atoms with Crippen molar-refractivity contribution in [2.45, 2.75) is 40.0 Å². The summed E-state index contributed by atoms with van der Waals surface area (Å²) in [4.78, 5) is 2.67. The van der Waals surface area contributed by atoms with E-state index < -0.39 is 0 Å². The van der Waals surface area contributed by atoms with E-state index >= 15 is 0 Å². The summed E-state index contributed by atoms with van der Waals surface area (Å²) < 4.78 is 0. The van der Waals surface area contributed by atoms with Gasteiger partial charge in [-0.3, -0.25) is 0 Å². The van der Waals surface area contributed by atoms with Crippen LogP contribution in [0.2, 0.25) is 0 Å². The summed E-state index contributed by atoms with van der Waals surface area (Å²) in [6.07, 6.45) is 4.11. The molecule has 0 aromatic rings. The lowest BCUT2D eigenvalue weighted by Crippen LogP contribution is -2.39. The van der Waals surface area contributed by atoms with Crippen molar-refractivity contribution in [2.24, 2.45) is 17.8 Å². The molecule has 1 saturated heterocycles. The number of likely N-dealkylation sites (tertiary alicyclic amines) is 1. The Bertz CT molecular complexity index is 162. The van der Waals surface area contributed by atoms with Crippen LogP contribution in [0.4, 0.5) is 0 Å². The van der Waals surface area contributed by atoms with Crippen LogP contribution in [0.3, 0.4) is 0 Å². The van der Waals surface area contributed by atoms with E-state index in [0.29, 0.717) is 0 Å². The molecule has 0 aromatic carbocycles. The third-order valence-electron chi connectivity index (χ3n) is 3.48. The fraction of sp³-hybridized carbons (Fsp3) is 1.00. The monoisotopic (exact) mass is 275 g/mol. The first-order valence-electron chi connectivity index (χ1n) is 6.40. The lowest BCUT2D eigenvalue weighted by Gasteiger charge is -2.35. The zero-order valence-corrected chi connectivity index (χ0v) is 12.1. The molecule has 1 nitrogen and oxygen atoms in total. The zero-order valence-electron chi connectivity index (χ0n) is 10.5. The van der Waals surface area contributed by atoms with Gasteiger partial charge in [0.05, 0.1) is 0 Å². The average molecular weight is 276 g/mol. The van der Waals surface area contributed by atoms with Gasteiger partial charge in [0.1, 0.15) is 0 Å². The highest BCUT2D eigenvalue weighted by Gasteiger charge is 2.21. The highest BCUT2D eigenvalue weighted by molar-refractivity contribution is 9.09. The molecule has 0 bridgehead atoms. The van der Waals surface area contributed by atoms with Gasteiger partial charge in [-0.2, -0.15) is 0 Å². The van der Waals surface area contributed by atoms with Crippen LogP contribution >= 0.6 is 15.9 Å². The van der Waals surface area contributed by atoms with E-state index in [2.05, 4.69) is 41.6 Å². The molecule has 2 heteroatoms. The summed E-state index contributed by atoms with van der Waals surface area (Å²) in [5.74, 6) is 2.68. The summed E-state index contributed by atoms with van der Waals surface area (Å²) in [5.41, 5.74) is 0. The van der Waals surface area contributed by atoms with Gasteiger partial charge in [0.2, 0.25) is 0 Å². The SMILES string of the molecule is CC(CCBr)CCN1CC(C)CC(C)C1. The molecule has 0 N–H and O–H groups in total. The first-order valence-corrected chi connectivity index (χ1v) is 7.52. The maximum absolute atomic E-state index is 3.52. The predicted molar refractivity (Wildman–Crippen MR) is 71.6 cm³/mol. The molecule has 0 aliphatic carbocycles. The van der Waals surface area contributed by atoms with Crippen molar-refractivity contribution in [3.63, 3.8) is 0 Å².